The number of fused-ring (bicyclic) bond motifs is 1. The van der Waals surface area contributed by atoms with Gasteiger partial charge in [-0.25, -0.2) is 18.6 Å². The van der Waals surface area contributed by atoms with Gasteiger partial charge in [0.1, 0.15) is 0 Å². The maximum Gasteiger partial charge on any atom is 0.338 e. The predicted octanol–water partition coefficient (Wildman–Crippen LogP) is 3.67. The smallest absolute Gasteiger partial charge is 0.338 e. The van der Waals surface area contributed by atoms with Gasteiger partial charge in [0.2, 0.25) is 0 Å². The van der Waals surface area contributed by atoms with Crippen LogP contribution in [0.5, 0.6) is 0 Å². The minimum atomic E-state index is -1.02. The van der Waals surface area contributed by atoms with Gasteiger partial charge in [-0.1, -0.05) is 6.08 Å². The van der Waals surface area contributed by atoms with E-state index in [-0.39, 0.29) is 28.4 Å². The summed E-state index contributed by atoms with van der Waals surface area (Å²) in [6.45, 7) is 2.91. The summed E-state index contributed by atoms with van der Waals surface area (Å²) >= 11 is 1.05. The molecule has 0 spiro atoms. The Labute approximate surface area is 195 Å². The molecule has 34 heavy (non-hydrogen) atoms. The van der Waals surface area contributed by atoms with E-state index in [4.69, 9.17) is 4.74 Å². The Balaban J connectivity index is 1.36. The number of ether oxygens (including phenoxy) is 1. The van der Waals surface area contributed by atoms with Crippen LogP contribution in [0.4, 0.5) is 13.9 Å². The molecule has 0 saturated carbocycles. The van der Waals surface area contributed by atoms with Gasteiger partial charge in [0.15, 0.2) is 23.4 Å². The molecule has 11 heteroatoms. The van der Waals surface area contributed by atoms with Crippen molar-refractivity contribution < 1.29 is 32.7 Å². The molecular formula is C23H15F2N3O5S. The van der Waals surface area contributed by atoms with Crippen LogP contribution in [-0.4, -0.2) is 46.7 Å². The Morgan fingerprint density at radius 2 is 1.85 bits per heavy atom. The summed E-state index contributed by atoms with van der Waals surface area (Å²) in [6, 6.07) is 7.24. The first-order valence-electron chi connectivity index (χ1n) is 9.77. The fourth-order valence-corrected chi connectivity index (χ4v) is 3.94. The molecule has 0 saturated heterocycles. The van der Waals surface area contributed by atoms with E-state index in [1.54, 1.807) is 5.38 Å². The number of nitrogens with one attached hydrogen (secondary N) is 1. The summed E-state index contributed by atoms with van der Waals surface area (Å²) in [4.78, 5) is 54.2. The molecule has 2 heterocycles. The highest BCUT2D eigenvalue weighted by molar-refractivity contribution is 7.14. The number of hydrogen-bond donors (Lipinski definition) is 1. The molecule has 1 aliphatic heterocycles. The maximum atomic E-state index is 13.4. The second-order valence-electron chi connectivity index (χ2n) is 7.06. The third-order valence-electron chi connectivity index (χ3n) is 4.82. The number of nitrogens with zero attached hydrogens (tertiary/aromatic N) is 2. The van der Waals surface area contributed by atoms with Crippen LogP contribution in [0.3, 0.4) is 0 Å². The maximum absolute atomic E-state index is 13.4. The first kappa shape index (κ1) is 22.9. The molecular weight excluding hydrogens is 468 g/mol. The van der Waals surface area contributed by atoms with Gasteiger partial charge in [-0.15, -0.1) is 17.9 Å². The third kappa shape index (κ3) is 4.46. The topological polar surface area (TPSA) is 106 Å². The number of carbonyl (C=O) groups is 4. The van der Waals surface area contributed by atoms with E-state index in [2.05, 4.69) is 16.9 Å². The van der Waals surface area contributed by atoms with E-state index < -0.39 is 41.9 Å². The zero-order valence-electron chi connectivity index (χ0n) is 17.3. The van der Waals surface area contributed by atoms with Gasteiger partial charge in [-0.3, -0.25) is 24.6 Å². The number of benzene rings is 2. The van der Waals surface area contributed by atoms with Crippen LogP contribution < -0.4 is 5.32 Å². The largest absolute Gasteiger partial charge is 0.452 e. The lowest BCUT2D eigenvalue weighted by atomic mass is 10.1. The quantitative estimate of drug-likeness (QED) is 0.312. The van der Waals surface area contributed by atoms with Crippen molar-refractivity contribution in [3.8, 4) is 11.3 Å². The summed E-state index contributed by atoms with van der Waals surface area (Å²) < 4.78 is 31.5. The van der Waals surface area contributed by atoms with Crippen molar-refractivity contribution in [1.82, 2.24) is 9.88 Å². The van der Waals surface area contributed by atoms with E-state index in [9.17, 15) is 28.0 Å². The molecule has 0 radical (unpaired) electrons. The average molecular weight is 483 g/mol. The lowest BCUT2D eigenvalue weighted by Crippen LogP contribution is -2.29. The second kappa shape index (κ2) is 9.32. The highest BCUT2D eigenvalue weighted by Crippen LogP contribution is 2.26. The van der Waals surface area contributed by atoms with Crippen LogP contribution in [0.2, 0.25) is 0 Å². The Kier molecular flexibility index (Phi) is 6.28. The van der Waals surface area contributed by atoms with Crippen molar-refractivity contribution in [1.29, 1.82) is 0 Å². The van der Waals surface area contributed by atoms with Crippen LogP contribution in [0.15, 0.2) is 54.4 Å². The van der Waals surface area contributed by atoms with E-state index in [1.807, 2.05) is 0 Å². The monoisotopic (exact) mass is 483 g/mol. The number of hydrogen-bond acceptors (Lipinski definition) is 7. The van der Waals surface area contributed by atoms with Crippen molar-refractivity contribution in [2.75, 3.05) is 18.5 Å². The number of thiazole rings is 1. The van der Waals surface area contributed by atoms with Crippen LogP contribution in [0.25, 0.3) is 11.3 Å². The van der Waals surface area contributed by atoms with Gasteiger partial charge in [-0.2, -0.15) is 0 Å². The minimum Gasteiger partial charge on any atom is -0.452 e. The number of aromatic nitrogens is 1. The molecule has 1 aromatic heterocycles. The predicted molar refractivity (Wildman–Crippen MR) is 118 cm³/mol. The number of carbonyl (C=O) groups excluding carboxylic acids is 4. The lowest BCUT2D eigenvalue weighted by molar-refractivity contribution is -0.119. The van der Waals surface area contributed by atoms with Crippen molar-refractivity contribution in [3.63, 3.8) is 0 Å². The van der Waals surface area contributed by atoms with Crippen LogP contribution in [-0.2, 0) is 9.53 Å². The molecule has 0 bridgehead atoms. The normalized spacial score (nSPS) is 12.5. The molecule has 1 aliphatic rings. The lowest BCUT2D eigenvalue weighted by Gasteiger charge is -2.09. The SMILES string of the molecule is C=CCN1C(=O)c2ccc(C(=O)OCC(=O)Nc3nc(-c4ccc(F)c(F)c4)cs3)cc2C1=O. The molecule has 2 aromatic carbocycles. The zero-order valence-corrected chi connectivity index (χ0v) is 18.2. The number of halogens is 2. The highest BCUT2D eigenvalue weighted by Gasteiger charge is 2.35. The first-order valence-corrected chi connectivity index (χ1v) is 10.7. The Bertz CT molecular complexity index is 1350. The van der Waals surface area contributed by atoms with Crippen molar-refractivity contribution in [3.05, 3.63) is 82.8 Å². The molecule has 172 valence electrons. The van der Waals surface area contributed by atoms with E-state index >= 15 is 0 Å². The highest BCUT2D eigenvalue weighted by atomic mass is 32.1. The van der Waals surface area contributed by atoms with Gasteiger partial charge in [0.05, 0.1) is 22.4 Å². The van der Waals surface area contributed by atoms with Gasteiger partial charge in [0.25, 0.3) is 17.7 Å². The molecule has 0 atom stereocenters. The first-order chi connectivity index (χ1) is 16.3. The number of esters is 1. The molecule has 3 aromatic rings. The average Bonchev–Trinajstić information content (AvgIpc) is 3.38. The van der Waals surface area contributed by atoms with Crippen molar-refractivity contribution in [2.24, 2.45) is 0 Å². The molecule has 0 fully saturated rings. The van der Waals surface area contributed by atoms with Crippen LogP contribution >= 0.6 is 11.3 Å². The zero-order chi connectivity index (χ0) is 24.4. The summed E-state index contributed by atoms with van der Waals surface area (Å²) in [7, 11) is 0. The number of anilines is 1. The van der Waals surface area contributed by atoms with E-state index in [0.29, 0.717) is 11.3 Å². The second-order valence-corrected chi connectivity index (χ2v) is 7.92. The van der Waals surface area contributed by atoms with E-state index in [1.165, 1.54) is 30.3 Å². The van der Waals surface area contributed by atoms with Crippen molar-refractivity contribution in [2.45, 2.75) is 0 Å². The van der Waals surface area contributed by atoms with Crippen LogP contribution in [0, 0.1) is 11.6 Å². The third-order valence-corrected chi connectivity index (χ3v) is 5.58. The van der Waals surface area contributed by atoms with E-state index in [0.717, 1.165) is 28.4 Å². The summed E-state index contributed by atoms with van der Waals surface area (Å²) in [5.41, 5.74) is 0.903. The summed E-state index contributed by atoms with van der Waals surface area (Å²) in [5.74, 6) is -4.57. The Hall–Kier alpha value is -4.25. The number of rotatable bonds is 7. The minimum absolute atomic E-state index is 0.00280. The fourth-order valence-electron chi connectivity index (χ4n) is 3.20. The van der Waals surface area contributed by atoms with Gasteiger partial charge in [-0.05, 0) is 36.4 Å². The summed E-state index contributed by atoms with van der Waals surface area (Å²) in [6.07, 6.45) is 1.42. The Morgan fingerprint density at radius 1 is 1.09 bits per heavy atom. The van der Waals surface area contributed by atoms with Crippen molar-refractivity contribution >= 4 is 40.2 Å². The standard InChI is InChI=1S/C23H15F2N3O5S/c1-2-7-28-20(30)14-5-3-13(8-15(14)21(28)31)22(32)33-10-19(29)27-23-26-18(11-34-23)12-4-6-16(24)17(25)9-12/h2-6,8-9,11H,1,7,10H2,(H,26,27,29). The fraction of sp³-hybridized carbons (Fsp3) is 0.0870. The molecule has 0 unspecified atom stereocenters. The molecule has 0 aliphatic carbocycles. The molecule has 1 N–H and O–H groups in total. The number of imide groups is 1. The molecule has 3 amide bonds. The summed E-state index contributed by atoms with van der Waals surface area (Å²) in [5, 5.41) is 4.17. The van der Waals surface area contributed by atoms with Crippen LogP contribution in [0.1, 0.15) is 31.1 Å². The van der Waals surface area contributed by atoms with Gasteiger partial charge < -0.3 is 4.74 Å². The molecule has 4 rings (SSSR count). The van der Waals surface area contributed by atoms with Gasteiger partial charge >= 0.3 is 5.97 Å². The Morgan fingerprint density at radius 3 is 2.59 bits per heavy atom. The van der Waals surface area contributed by atoms with Gasteiger partial charge in [0, 0.05) is 17.5 Å². The number of amides is 3. The molecule has 8 nitrogen and oxygen atoms in total.